The van der Waals surface area contributed by atoms with Crippen molar-refractivity contribution in [3.8, 4) is 6.07 Å². The van der Waals surface area contributed by atoms with Crippen LogP contribution < -0.4 is 5.32 Å². The number of rotatable bonds is 6. The number of nitrogens with zero attached hydrogens (tertiary/aromatic N) is 3. The quantitative estimate of drug-likeness (QED) is 0.863. The molecule has 0 spiro atoms. The summed E-state index contributed by atoms with van der Waals surface area (Å²) < 4.78 is 0. The topological polar surface area (TPSA) is 61.6 Å². The molecule has 2 fully saturated rings. The standard InChI is InChI=1S/C16H22N4/c1-3-12-13(9-17)15(20-19-14(12)4-2)18-10-16(7-8-16)11-5-6-11/h11H,3-8,10H2,1-2H3,(H,18,20). The zero-order valence-corrected chi connectivity index (χ0v) is 12.4. The van der Waals surface area contributed by atoms with Crippen molar-refractivity contribution in [2.24, 2.45) is 11.3 Å². The summed E-state index contributed by atoms with van der Waals surface area (Å²) in [5.41, 5.74) is 3.22. The molecule has 2 aliphatic rings. The summed E-state index contributed by atoms with van der Waals surface area (Å²) in [4.78, 5) is 0. The highest BCUT2D eigenvalue weighted by atomic mass is 15.2. The summed E-state index contributed by atoms with van der Waals surface area (Å²) >= 11 is 0. The van der Waals surface area contributed by atoms with Crippen LogP contribution >= 0.6 is 0 Å². The average Bonchev–Trinajstić information content (AvgIpc) is 3.36. The molecule has 4 heteroatoms. The number of hydrogen-bond acceptors (Lipinski definition) is 4. The molecule has 3 rings (SSSR count). The molecule has 20 heavy (non-hydrogen) atoms. The van der Waals surface area contributed by atoms with Gasteiger partial charge in [0.15, 0.2) is 5.82 Å². The number of aryl methyl sites for hydroxylation is 1. The lowest BCUT2D eigenvalue weighted by Gasteiger charge is -2.17. The smallest absolute Gasteiger partial charge is 0.166 e. The Morgan fingerprint density at radius 3 is 2.50 bits per heavy atom. The molecule has 0 bridgehead atoms. The van der Waals surface area contributed by atoms with Gasteiger partial charge in [0.2, 0.25) is 0 Å². The molecule has 0 amide bonds. The lowest BCUT2D eigenvalue weighted by atomic mass is 10.00. The van der Waals surface area contributed by atoms with Crippen molar-refractivity contribution in [3.05, 3.63) is 16.8 Å². The molecule has 4 nitrogen and oxygen atoms in total. The third-order valence-corrected chi connectivity index (χ3v) is 4.90. The second kappa shape index (κ2) is 5.05. The third kappa shape index (κ3) is 2.26. The second-order valence-corrected chi connectivity index (χ2v) is 6.16. The molecule has 0 saturated heterocycles. The zero-order valence-electron chi connectivity index (χ0n) is 12.4. The van der Waals surface area contributed by atoms with E-state index in [1.807, 2.05) is 0 Å². The van der Waals surface area contributed by atoms with E-state index in [1.165, 1.54) is 25.7 Å². The van der Waals surface area contributed by atoms with Crippen molar-refractivity contribution in [1.29, 1.82) is 5.26 Å². The van der Waals surface area contributed by atoms with Gasteiger partial charge in [-0.3, -0.25) is 0 Å². The fourth-order valence-corrected chi connectivity index (χ4v) is 3.26. The van der Waals surface area contributed by atoms with Crippen LogP contribution in [0.25, 0.3) is 0 Å². The number of nitriles is 1. The highest BCUT2D eigenvalue weighted by molar-refractivity contribution is 5.56. The zero-order chi connectivity index (χ0) is 14.2. The van der Waals surface area contributed by atoms with Crippen molar-refractivity contribution in [1.82, 2.24) is 10.2 Å². The van der Waals surface area contributed by atoms with E-state index in [1.54, 1.807) is 0 Å². The molecular weight excluding hydrogens is 248 g/mol. The molecule has 1 aromatic heterocycles. The van der Waals surface area contributed by atoms with Gasteiger partial charge < -0.3 is 5.32 Å². The molecule has 1 heterocycles. The maximum atomic E-state index is 9.46. The van der Waals surface area contributed by atoms with Gasteiger partial charge in [-0.05, 0) is 55.4 Å². The molecule has 1 aromatic rings. The number of anilines is 1. The van der Waals surface area contributed by atoms with Crippen LogP contribution in [0.5, 0.6) is 0 Å². The number of aromatic nitrogens is 2. The largest absolute Gasteiger partial charge is 0.367 e. The fraction of sp³-hybridized carbons (Fsp3) is 0.688. The first kappa shape index (κ1) is 13.4. The monoisotopic (exact) mass is 270 g/mol. The SMILES string of the molecule is CCc1nnc(NCC2(C3CC3)CC2)c(C#N)c1CC. The van der Waals surface area contributed by atoms with Crippen LogP contribution in [0.4, 0.5) is 5.82 Å². The van der Waals surface area contributed by atoms with Crippen LogP contribution in [0.1, 0.15) is 56.4 Å². The maximum Gasteiger partial charge on any atom is 0.166 e. The van der Waals surface area contributed by atoms with Crippen molar-refractivity contribution in [2.75, 3.05) is 11.9 Å². The Kier molecular flexibility index (Phi) is 3.37. The summed E-state index contributed by atoms with van der Waals surface area (Å²) in [6.07, 6.45) is 7.09. The first-order valence-corrected chi connectivity index (χ1v) is 7.76. The predicted octanol–water partition coefficient (Wildman–Crippen LogP) is 3.08. The molecule has 1 N–H and O–H groups in total. The maximum absolute atomic E-state index is 9.46. The minimum Gasteiger partial charge on any atom is -0.367 e. The summed E-state index contributed by atoms with van der Waals surface area (Å²) in [5, 5.41) is 21.4. The van der Waals surface area contributed by atoms with Gasteiger partial charge in [0.1, 0.15) is 11.6 Å². The van der Waals surface area contributed by atoms with E-state index in [-0.39, 0.29) is 0 Å². The Bertz CT molecular complexity index is 550. The van der Waals surface area contributed by atoms with E-state index in [0.717, 1.165) is 36.6 Å². The van der Waals surface area contributed by atoms with Crippen molar-refractivity contribution in [3.63, 3.8) is 0 Å². The highest BCUT2D eigenvalue weighted by Crippen LogP contribution is 2.61. The van der Waals surface area contributed by atoms with Gasteiger partial charge in [-0.1, -0.05) is 13.8 Å². The van der Waals surface area contributed by atoms with Crippen LogP contribution in [0, 0.1) is 22.7 Å². The predicted molar refractivity (Wildman–Crippen MR) is 78.4 cm³/mol. The number of hydrogen-bond donors (Lipinski definition) is 1. The lowest BCUT2D eigenvalue weighted by molar-refractivity contribution is 0.466. The fourth-order valence-electron chi connectivity index (χ4n) is 3.26. The van der Waals surface area contributed by atoms with Gasteiger partial charge in [-0.15, -0.1) is 5.10 Å². The highest BCUT2D eigenvalue weighted by Gasteiger charge is 2.53. The van der Waals surface area contributed by atoms with Crippen LogP contribution in [0.2, 0.25) is 0 Å². The summed E-state index contributed by atoms with van der Waals surface area (Å²) in [6.45, 7) is 5.09. The van der Waals surface area contributed by atoms with Gasteiger partial charge in [0, 0.05) is 6.54 Å². The average molecular weight is 270 g/mol. The Labute approximate surface area is 120 Å². The molecule has 2 aliphatic carbocycles. The Hall–Kier alpha value is -1.63. The molecule has 0 radical (unpaired) electrons. The molecule has 106 valence electrons. The first-order chi connectivity index (χ1) is 9.74. The molecular formula is C16H22N4. The van der Waals surface area contributed by atoms with E-state index >= 15 is 0 Å². The lowest BCUT2D eigenvalue weighted by Crippen LogP contribution is -2.19. The third-order valence-electron chi connectivity index (χ3n) is 4.90. The Morgan fingerprint density at radius 1 is 1.25 bits per heavy atom. The van der Waals surface area contributed by atoms with Gasteiger partial charge >= 0.3 is 0 Å². The molecule has 0 aliphatic heterocycles. The minimum absolute atomic E-state index is 0.504. The summed E-state index contributed by atoms with van der Waals surface area (Å²) in [7, 11) is 0. The normalized spacial score (nSPS) is 19.4. The Morgan fingerprint density at radius 2 is 2.00 bits per heavy atom. The van der Waals surface area contributed by atoms with Gasteiger partial charge in [-0.2, -0.15) is 10.4 Å². The van der Waals surface area contributed by atoms with Crippen LogP contribution in [-0.4, -0.2) is 16.7 Å². The summed E-state index contributed by atoms with van der Waals surface area (Å²) in [6, 6.07) is 2.33. The van der Waals surface area contributed by atoms with E-state index in [2.05, 4.69) is 35.4 Å². The van der Waals surface area contributed by atoms with Crippen molar-refractivity contribution < 1.29 is 0 Å². The van der Waals surface area contributed by atoms with Gasteiger partial charge in [0.25, 0.3) is 0 Å². The van der Waals surface area contributed by atoms with Crippen molar-refractivity contribution in [2.45, 2.75) is 52.4 Å². The van der Waals surface area contributed by atoms with E-state index in [9.17, 15) is 5.26 Å². The van der Waals surface area contributed by atoms with Crippen LogP contribution in [0.3, 0.4) is 0 Å². The molecule has 0 aromatic carbocycles. The molecule has 2 saturated carbocycles. The van der Waals surface area contributed by atoms with Crippen LogP contribution in [0.15, 0.2) is 0 Å². The second-order valence-electron chi connectivity index (χ2n) is 6.16. The molecule has 0 atom stereocenters. The van der Waals surface area contributed by atoms with E-state index in [0.29, 0.717) is 16.8 Å². The van der Waals surface area contributed by atoms with E-state index < -0.39 is 0 Å². The van der Waals surface area contributed by atoms with Gasteiger partial charge in [0.05, 0.1) is 5.69 Å². The summed E-state index contributed by atoms with van der Waals surface area (Å²) in [5.74, 6) is 1.60. The minimum atomic E-state index is 0.504. The molecule has 0 unspecified atom stereocenters. The van der Waals surface area contributed by atoms with Crippen molar-refractivity contribution >= 4 is 5.82 Å². The van der Waals surface area contributed by atoms with Gasteiger partial charge in [-0.25, -0.2) is 0 Å². The van der Waals surface area contributed by atoms with E-state index in [4.69, 9.17) is 0 Å². The first-order valence-electron chi connectivity index (χ1n) is 7.76. The van der Waals surface area contributed by atoms with Crippen LogP contribution in [-0.2, 0) is 12.8 Å². The number of nitrogens with one attached hydrogen (secondary N) is 1. The Balaban J connectivity index is 1.80.